The van der Waals surface area contributed by atoms with Crippen molar-refractivity contribution < 1.29 is 9.59 Å². The molecular weight excluding hydrogens is 274 g/mol. The molecule has 0 N–H and O–H groups in total. The van der Waals surface area contributed by atoms with Gasteiger partial charge in [-0.05, 0) is 67.2 Å². The van der Waals surface area contributed by atoms with E-state index in [9.17, 15) is 9.59 Å². The van der Waals surface area contributed by atoms with Gasteiger partial charge < -0.3 is 0 Å². The first-order valence-electron chi connectivity index (χ1n) is 8.42. The predicted molar refractivity (Wildman–Crippen MR) is 83.3 cm³/mol. The van der Waals surface area contributed by atoms with E-state index in [1.165, 1.54) is 22.4 Å². The number of benzene rings is 1. The lowest BCUT2D eigenvalue weighted by molar-refractivity contribution is -0.124. The summed E-state index contributed by atoms with van der Waals surface area (Å²) in [6, 6.07) is 6.14. The molecule has 2 fully saturated rings. The zero-order valence-corrected chi connectivity index (χ0v) is 12.5. The van der Waals surface area contributed by atoms with Crippen LogP contribution in [0.4, 0.5) is 5.69 Å². The van der Waals surface area contributed by atoms with E-state index >= 15 is 0 Å². The number of carbonyl (C=O) groups is 2. The van der Waals surface area contributed by atoms with Crippen molar-refractivity contribution in [2.75, 3.05) is 4.90 Å². The molecule has 0 spiro atoms. The van der Waals surface area contributed by atoms with Crippen LogP contribution < -0.4 is 4.90 Å². The molecule has 0 aromatic heterocycles. The Labute approximate surface area is 130 Å². The summed E-state index contributed by atoms with van der Waals surface area (Å²) < 4.78 is 0. The normalized spacial score (nSPS) is 35.2. The number of imide groups is 1. The maximum Gasteiger partial charge on any atom is 0.238 e. The monoisotopic (exact) mass is 293 g/mol. The predicted octanol–water partition coefficient (Wildman–Crippen LogP) is 2.88. The number of fused-ring (bicyclic) bond motifs is 2. The third-order valence-electron chi connectivity index (χ3n) is 6.10. The highest BCUT2D eigenvalue weighted by atomic mass is 16.2. The van der Waals surface area contributed by atoms with Gasteiger partial charge in [0.05, 0.1) is 17.5 Å². The Balaban J connectivity index is 1.56. The first kappa shape index (κ1) is 12.6. The van der Waals surface area contributed by atoms with Crippen molar-refractivity contribution in [3.05, 3.63) is 41.5 Å². The highest BCUT2D eigenvalue weighted by molar-refractivity contribution is 6.22. The lowest BCUT2D eigenvalue weighted by Crippen LogP contribution is -2.38. The van der Waals surface area contributed by atoms with Crippen molar-refractivity contribution in [1.29, 1.82) is 0 Å². The molecule has 1 saturated carbocycles. The second-order valence-corrected chi connectivity index (χ2v) is 7.16. The van der Waals surface area contributed by atoms with Gasteiger partial charge in [0, 0.05) is 0 Å². The Bertz CT molecular complexity index is 688. The molecule has 1 aromatic carbocycles. The van der Waals surface area contributed by atoms with Gasteiger partial charge in [-0.1, -0.05) is 18.2 Å². The fraction of sp³-hybridized carbons (Fsp3) is 0.474. The molecular formula is C19H19NO2. The standard InChI is InChI=1S/C19H19NO2/c21-18-16-12-4-5-13(7-6-12)17(16)19(22)20(18)15-9-8-11-2-1-3-14(11)10-15/h4-5,8-10,12-13,16-17H,1-3,6-7H2/t12-,13+,16-,17+. The van der Waals surface area contributed by atoms with Gasteiger partial charge in [0.2, 0.25) is 11.8 Å². The lowest BCUT2D eigenvalue weighted by atomic mass is 9.63. The van der Waals surface area contributed by atoms with Crippen molar-refractivity contribution in [3.63, 3.8) is 0 Å². The SMILES string of the molecule is O=C1[C@@H]2[C@H](C(=O)N1c1ccc3c(c1)CCC3)[C@@H]1C=C[C@H]2CC1. The Morgan fingerprint density at radius 1 is 0.864 bits per heavy atom. The number of aryl methyl sites for hydroxylation is 2. The molecule has 4 aliphatic carbocycles. The molecule has 3 heteroatoms. The van der Waals surface area contributed by atoms with E-state index in [1.54, 1.807) is 0 Å². The Morgan fingerprint density at radius 2 is 1.50 bits per heavy atom. The number of hydrogen-bond acceptors (Lipinski definition) is 2. The molecule has 3 nitrogen and oxygen atoms in total. The third-order valence-corrected chi connectivity index (χ3v) is 6.10. The minimum Gasteiger partial charge on any atom is -0.274 e. The van der Waals surface area contributed by atoms with Crippen LogP contribution in [0.5, 0.6) is 0 Å². The van der Waals surface area contributed by atoms with E-state index in [2.05, 4.69) is 24.3 Å². The maximum atomic E-state index is 12.9. The summed E-state index contributed by atoms with van der Waals surface area (Å²) in [7, 11) is 0. The molecule has 22 heavy (non-hydrogen) atoms. The van der Waals surface area contributed by atoms with Crippen LogP contribution in [0.25, 0.3) is 0 Å². The van der Waals surface area contributed by atoms with Gasteiger partial charge in [-0.2, -0.15) is 0 Å². The minimum atomic E-state index is -0.107. The maximum absolute atomic E-state index is 12.9. The number of hydrogen-bond donors (Lipinski definition) is 0. The van der Waals surface area contributed by atoms with Crippen LogP contribution in [-0.2, 0) is 22.4 Å². The molecule has 4 atom stereocenters. The Hall–Kier alpha value is -1.90. The first-order chi connectivity index (χ1) is 10.7. The van der Waals surface area contributed by atoms with E-state index in [0.717, 1.165) is 31.4 Å². The molecule has 6 rings (SSSR count). The van der Waals surface area contributed by atoms with E-state index < -0.39 is 0 Å². The van der Waals surface area contributed by atoms with Crippen LogP contribution in [-0.4, -0.2) is 11.8 Å². The molecule has 0 radical (unpaired) electrons. The summed E-state index contributed by atoms with van der Waals surface area (Å²) in [5.74, 6) is 0.393. The second-order valence-electron chi connectivity index (χ2n) is 7.16. The number of anilines is 1. The largest absolute Gasteiger partial charge is 0.274 e. The van der Waals surface area contributed by atoms with Crippen molar-refractivity contribution in [2.45, 2.75) is 32.1 Å². The zero-order valence-electron chi connectivity index (χ0n) is 12.5. The van der Waals surface area contributed by atoms with Crippen molar-refractivity contribution in [1.82, 2.24) is 0 Å². The number of rotatable bonds is 1. The summed E-state index contributed by atoms with van der Waals surface area (Å²) in [5.41, 5.74) is 3.49. The molecule has 1 heterocycles. The molecule has 1 saturated heterocycles. The van der Waals surface area contributed by atoms with Gasteiger partial charge in [-0.25, -0.2) is 0 Å². The van der Waals surface area contributed by atoms with Crippen LogP contribution in [0.1, 0.15) is 30.4 Å². The van der Waals surface area contributed by atoms with Crippen LogP contribution >= 0.6 is 0 Å². The highest BCUT2D eigenvalue weighted by Crippen LogP contribution is 2.50. The quantitative estimate of drug-likeness (QED) is 0.590. The average Bonchev–Trinajstić information content (AvgIpc) is 3.12. The van der Waals surface area contributed by atoms with Gasteiger partial charge in [0.1, 0.15) is 0 Å². The summed E-state index contributed by atoms with van der Waals surface area (Å²) in [6.07, 6.45) is 9.83. The van der Waals surface area contributed by atoms with Gasteiger partial charge in [0.25, 0.3) is 0 Å². The molecule has 2 bridgehead atoms. The summed E-state index contributed by atoms with van der Waals surface area (Å²) in [6.45, 7) is 0. The van der Waals surface area contributed by atoms with Crippen LogP contribution in [0, 0.1) is 23.7 Å². The van der Waals surface area contributed by atoms with Gasteiger partial charge in [-0.15, -0.1) is 0 Å². The van der Waals surface area contributed by atoms with Crippen LogP contribution in [0.15, 0.2) is 30.4 Å². The fourth-order valence-electron chi connectivity index (χ4n) is 5.03. The van der Waals surface area contributed by atoms with Gasteiger partial charge in [0.15, 0.2) is 0 Å². The Kier molecular flexibility index (Phi) is 2.47. The molecule has 112 valence electrons. The summed E-state index contributed by atoms with van der Waals surface area (Å²) in [5, 5.41) is 0. The molecule has 1 aromatic rings. The molecule has 1 aliphatic heterocycles. The van der Waals surface area contributed by atoms with Gasteiger partial charge in [-0.3, -0.25) is 14.5 Å². The third kappa shape index (κ3) is 1.52. The topological polar surface area (TPSA) is 37.4 Å². The number of amides is 2. The number of allylic oxidation sites excluding steroid dienone is 2. The molecule has 0 unspecified atom stereocenters. The molecule has 2 amide bonds. The Morgan fingerprint density at radius 3 is 2.14 bits per heavy atom. The second kappa shape index (κ2) is 4.31. The van der Waals surface area contributed by atoms with Gasteiger partial charge >= 0.3 is 0 Å². The summed E-state index contributed by atoms with van der Waals surface area (Å²) >= 11 is 0. The minimum absolute atomic E-state index is 0.0343. The van der Waals surface area contributed by atoms with E-state index in [0.29, 0.717) is 0 Å². The smallest absolute Gasteiger partial charge is 0.238 e. The fourth-order valence-corrected chi connectivity index (χ4v) is 5.03. The highest BCUT2D eigenvalue weighted by Gasteiger charge is 2.56. The van der Waals surface area contributed by atoms with E-state index in [4.69, 9.17) is 0 Å². The molecule has 5 aliphatic rings. The van der Waals surface area contributed by atoms with Crippen molar-refractivity contribution >= 4 is 17.5 Å². The number of carbonyl (C=O) groups excluding carboxylic acids is 2. The number of nitrogens with zero attached hydrogens (tertiary/aromatic N) is 1. The summed E-state index contributed by atoms with van der Waals surface area (Å²) in [4.78, 5) is 27.3. The average molecular weight is 293 g/mol. The van der Waals surface area contributed by atoms with E-state index in [-0.39, 0.29) is 35.5 Å². The van der Waals surface area contributed by atoms with Crippen LogP contribution in [0.3, 0.4) is 0 Å². The van der Waals surface area contributed by atoms with Crippen LogP contribution in [0.2, 0.25) is 0 Å². The van der Waals surface area contributed by atoms with Crippen molar-refractivity contribution in [2.24, 2.45) is 23.7 Å². The zero-order chi connectivity index (χ0) is 14.8. The first-order valence-corrected chi connectivity index (χ1v) is 8.42. The van der Waals surface area contributed by atoms with E-state index in [1.807, 2.05) is 6.07 Å². The van der Waals surface area contributed by atoms with Crippen molar-refractivity contribution in [3.8, 4) is 0 Å². The lowest BCUT2D eigenvalue weighted by Gasteiger charge is -2.38.